The third-order valence-corrected chi connectivity index (χ3v) is 24.3. The van der Waals surface area contributed by atoms with Gasteiger partial charge < -0.3 is 71.4 Å². The predicted octanol–water partition coefficient (Wildman–Crippen LogP) is 12.9. The van der Waals surface area contributed by atoms with Gasteiger partial charge in [0.2, 0.25) is 17.7 Å². The van der Waals surface area contributed by atoms with Gasteiger partial charge in [-0.05, 0) is 299 Å². The van der Waals surface area contributed by atoms with Gasteiger partial charge in [-0.15, -0.1) is 10.2 Å². The second kappa shape index (κ2) is 31.5. The van der Waals surface area contributed by atoms with E-state index in [1.807, 2.05) is 0 Å². The number of hydrogen-bond donors (Lipinski definition) is 11. The fourth-order valence-electron chi connectivity index (χ4n) is 23.9. The SMILES string of the molecule is CC1(C)CC(OC2=CC(N(CCCN(CCCN(C3=NN(OC4CC(C)(C)NC(C)(C)C4)NC(OC4CC(C)(C)NC(C)(C)C4)=C3)C3CC(C)(C)NC(C)(C)C3)C3=CC(OC4CC(C)(C)NC(C)(C)C4)=NN(OC4CC(C)(C)NC(C)(C)C4)N3)C3CC(C)(C)NC(C)(C)C3)=NN(OC3CC(C)(C)NC(C)(C)C3)N2)CC(C)(C)N1. The summed E-state index contributed by atoms with van der Waals surface area (Å²) in [5, 5.41) is 52.7. The largest absolute Gasteiger partial charge is 0.474 e. The van der Waals surface area contributed by atoms with E-state index in [1.54, 1.807) is 15.8 Å². The lowest BCUT2D eigenvalue weighted by molar-refractivity contribution is -0.249. The van der Waals surface area contributed by atoms with Crippen molar-refractivity contribution in [3.63, 3.8) is 0 Å². The monoisotopic (exact) mass is 1580 g/mol. The number of nitrogens with zero attached hydrogens (tertiary/aromatic N) is 9. The van der Waals surface area contributed by atoms with Gasteiger partial charge in [0.15, 0.2) is 11.7 Å². The summed E-state index contributed by atoms with van der Waals surface area (Å²) in [6.07, 6.45) is 20.6. The van der Waals surface area contributed by atoms with Crippen molar-refractivity contribution in [1.29, 1.82) is 0 Å². The minimum Gasteiger partial charge on any atom is -0.474 e. The van der Waals surface area contributed by atoms with Gasteiger partial charge in [0.25, 0.3) is 0 Å². The Morgan fingerprint density at radius 2 is 0.513 bits per heavy atom. The topological polar surface area (TPSA) is 244 Å². The van der Waals surface area contributed by atoms with Gasteiger partial charge in [0.05, 0.1) is 18.3 Å². The number of nitrogens with one attached hydrogen (secondary N) is 11. The second-order valence-electron chi connectivity index (χ2n) is 47.3. The third kappa shape index (κ3) is 25.7. The van der Waals surface area contributed by atoms with Gasteiger partial charge >= 0.3 is 0 Å². The maximum Gasteiger partial charge on any atom is 0.239 e. The van der Waals surface area contributed by atoms with Crippen LogP contribution < -0.4 is 58.8 Å². The molecule has 11 heterocycles. The molecule has 8 fully saturated rings. The van der Waals surface area contributed by atoms with Crippen molar-refractivity contribution in [2.45, 2.75) is 474 Å². The Morgan fingerprint density at radius 1 is 0.283 bits per heavy atom. The van der Waals surface area contributed by atoms with Crippen molar-refractivity contribution in [3.8, 4) is 0 Å². The quantitative estimate of drug-likeness (QED) is 0.0483. The highest BCUT2D eigenvalue weighted by molar-refractivity contribution is 5.94. The normalized spacial score (nSPS) is 29.2. The molecule has 11 rings (SSSR count). The summed E-state index contributed by atoms with van der Waals surface area (Å²) in [4.78, 5) is 29.2. The van der Waals surface area contributed by atoms with E-state index in [-0.39, 0.29) is 137 Å². The first-order valence-electron chi connectivity index (χ1n) is 43.6. The Labute approximate surface area is 684 Å². The smallest absolute Gasteiger partial charge is 0.239 e. The predicted molar refractivity (Wildman–Crippen MR) is 457 cm³/mol. The van der Waals surface area contributed by atoms with Crippen LogP contribution in [0.5, 0.6) is 0 Å². The van der Waals surface area contributed by atoms with Crippen LogP contribution in [0.25, 0.3) is 0 Å². The van der Waals surface area contributed by atoms with Crippen LogP contribution in [-0.4, -0.2) is 212 Å². The second-order valence-corrected chi connectivity index (χ2v) is 47.3. The van der Waals surface area contributed by atoms with Crippen molar-refractivity contribution in [3.05, 3.63) is 35.8 Å². The van der Waals surface area contributed by atoms with E-state index >= 15 is 0 Å². The summed E-state index contributed by atoms with van der Waals surface area (Å²) >= 11 is 0. The van der Waals surface area contributed by atoms with Crippen molar-refractivity contribution >= 4 is 17.6 Å². The van der Waals surface area contributed by atoms with Crippen LogP contribution in [0, 0.1) is 0 Å². The lowest BCUT2D eigenvalue weighted by Crippen LogP contribution is -2.63. The fraction of sp³-hybridized carbons (Fsp3) is 0.897. The number of hydrogen-bond acceptors (Lipinski definition) is 26. The lowest BCUT2D eigenvalue weighted by Gasteiger charge is -2.51. The molecule has 0 atom stereocenters. The number of rotatable bonds is 22. The zero-order valence-corrected chi connectivity index (χ0v) is 76.9. The molecule has 8 saturated heterocycles. The van der Waals surface area contributed by atoms with Crippen LogP contribution in [0.1, 0.15) is 337 Å². The van der Waals surface area contributed by atoms with Gasteiger partial charge in [-0.2, -0.15) is 0 Å². The molecule has 11 N–H and O–H groups in total. The Morgan fingerprint density at radius 3 is 0.779 bits per heavy atom. The van der Waals surface area contributed by atoms with E-state index in [9.17, 15) is 0 Å². The van der Waals surface area contributed by atoms with Crippen LogP contribution >= 0.6 is 0 Å². The van der Waals surface area contributed by atoms with Crippen molar-refractivity contribution in [2.75, 3.05) is 26.2 Å². The number of hydrazone groups is 3. The van der Waals surface area contributed by atoms with E-state index in [0.717, 1.165) is 133 Å². The molecule has 0 bridgehead atoms. The average molecular weight is 1580 g/mol. The molecule has 0 aromatic heterocycles. The Balaban J connectivity index is 0.995. The lowest BCUT2D eigenvalue weighted by atomic mass is 9.79. The van der Waals surface area contributed by atoms with E-state index in [1.165, 1.54) is 0 Å². The molecular formula is C87H162N20O6. The summed E-state index contributed by atoms with van der Waals surface area (Å²) in [7, 11) is 0. The summed E-state index contributed by atoms with van der Waals surface area (Å²) in [5.41, 5.74) is 8.31. The van der Waals surface area contributed by atoms with Gasteiger partial charge in [-0.25, -0.2) is 30.8 Å². The molecule has 26 nitrogen and oxygen atoms in total. The minimum atomic E-state index is -0.188. The zero-order chi connectivity index (χ0) is 83.4. The summed E-state index contributed by atoms with van der Waals surface area (Å²) in [6.45, 7) is 76.1. The standard InChI is InChI=1S/C87H162N20O6/c1-72(2)42-58(43-73(3,4)94-72)103(67-40-70(109-61-48-78(13,14)97-79(15,16)49-61)92-106(89-67)112-64-54-84(25,26)100-85(27,28)55-64)37-33-35-102(66-39-69(108-60-46-76(9,10)96-77(11,12)47-60)91-105(88-66)111-63-52-82(21,22)99-83(23,24)53-63)36-34-38-104(59-44-74(5,6)95-75(7,8)45-59)68-41-71(110-62-50-80(17,18)98-81(19,20)51-62)93-107(90-68)113-65-56-86(29,30)101-87(31,32)57-65/h39-41,58-65,88,92-101H,33-38,42-57H2,1-32H3. The minimum absolute atomic E-state index is 0.0714. The Bertz CT molecular complexity index is 3230. The third-order valence-electron chi connectivity index (χ3n) is 24.3. The molecule has 0 spiro atoms. The highest BCUT2D eigenvalue weighted by Crippen LogP contribution is 2.41. The first-order chi connectivity index (χ1) is 51.4. The zero-order valence-electron chi connectivity index (χ0n) is 76.9. The average Bonchev–Trinajstić information content (AvgIpc) is 0.791. The van der Waals surface area contributed by atoms with Gasteiger partial charge in [-0.1, -0.05) is 20.9 Å². The molecule has 11 aliphatic rings. The first kappa shape index (κ1) is 89.2. The Kier molecular flexibility index (Phi) is 24.9. The van der Waals surface area contributed by atoms with Gasteiger partial charge in [-0.3, -0.25) is 0 Å². The van der Waals surface area contributed by atoms with Crippen LogP contribution in [-0.2, 0) is 28.7 Å². The molecule has 113 heavy (non-hydrogen) atoms. The van der Waals surface area contributed by atoms with E-state index in [0.29, 0.717) is 43.8 Å². The highest BCUT2D eigenvalue weighted by atomic mass is 16.8. The van der Waals surface area contributed by atoms with Crippen LogP contribution in [0.2, 0.25) is 0 Å². The van der Waals surface area contributed by atoms with Gasteiger partial charge in [0.1, 0.15) is 24.1 Å². The summed E-state index contributed by atoms with van der Waals surface area (Å²) in [5.74, 6) is 4.25. The summed E-state index contributed by atoms with van der Waals surface area (Å²) in [6, 6.07) is 0.173. The highest BCUT2D eigenvalue weighted by Gasteiger charge is 2.50. The molecule has 0 aliphatic carbocycles. The van der Waals surface area contributed by atoms with Crippen molar-refractivity contribution in [1.82, 2.24) is 89.4 Å². The molecule has 0 aromatic rings. The van der Waals surface area contributed by atoms with E-state index < -0.39 is 0 Å². The van der Waals surface area contributed by atoms with Crippen LogP contribution in [0.3, 0.4) is 0 Å². The van der Waals surface area contributed by atoms with Crippen molar-refractivity contribution in [2.24, 2.45) is 15.3 Å². The molecule has 26 heteroatoms. The molecule has 11 aliphatic heterocycles. The first-order valence-corrected chi connectivity index (χ1v) is 43.6. The molecule has 0 aromatic carbocycles. The maximum atomic E-state index is 7.29. The maximum absolute atomic E-state index is 7.29. The molecular weight excluding hydrogens is 1420 g/mol. The summed E-state index contributed by atoms with van der Waals surface area (Å²) < 4.78 is 21.8. The molecule has 0 radical (unpaired) electrons. The number of amidine groups is 2. The fourth-order valence-corrected chi connectivity index (χ4v) is 23.9. The van der Waals surface area contributed by atoms with Crippen LogP contribution in [0.15, 0.2) is 51.1 Å². The number of hydrazine groups is 3. The number of piperidine rings is 8. The molecule has 0 unspecified atom stereocenters. The molecule has 0 saturated carbocycles. The molecule has 0 amide bonds. The van der Waals surface area contributed by atoms with Crippen LogP contribution in [0.4, 0.5) is 0 Å². The number of ether oxygens (including phenoxy) is 3. The van der Waals surface area contributed by atoms with E-state index in [2.05, 4.69) is 313 Å². The van der Waals surface area contributed by atoms with Crippen molar-refractivity contribution < 1.29 is 28.7 Å². The van der Waals surface area contributed by atoms with Gasteiger partial charge in [0, 0.05) is 184 Å². The molecule has 646 valence electrons. The van der Waals surface area contributed by atoms with E-state index in [4.69, 9.17) is 44.0 Å². The Hall–Kier alpha value is -4.61.